The predicted molar refractivity (Wildman–Crippen MR) is 63.0 cm³/mol. The zero-order valence-electron chi connectivity index (χ0n) is 10.2. The smallest absolute Gasteiger partial charge is 0.341 e. The van der Waals surface area contributed by atoms with Crippen molar-refractivity contribution in [2.75, 3.05) is 13.7 Å². The lowest BCUT2D eigenvalue weighted by molar-refractivity contribution is 0.0596. The van der Waals surface area contributed by atoms with Crippen LogP contribution in [0.2, 0.25) is 0 Å². The summed E-state index contributed by atoms with van der Waals surface area (Å²) in [6, 6.07) is 5.63. The Morgan fingerprint density at radius 3 is 2.56 bits per heavy atom. The molecular weight excluding hydrogens is 204 g/mol. The third kappa shape index (κ3) is 2.75. The van der Waals surface area contributed by atoms with Gasteiger partial charge < -0.3 is 9.47 Å². The summed E-state index contributed by atoms with van der Waals surface area (Å²) < 4.78 is 10.1. The Kier molecular flexibility index (Phi) is 4.35. The highest BCUT2D eigenvalue weighted by atomic mass is 16.5. The topological polar surface area (TPSA) is 35.5 Å². The molecule has 88 valence electrons. The lowest BCUT2D eigenvalue weighted by Gasteiger charge is -2.12. The predicted octanol–water partition coefficient (Wildman–Crippen LogP) is 3.00. The van der Waals surface area contributed by atoms with Gasteiger partial charge in [0.05, 0.1) is 13.7 Å². The molecule has 1 rings (SSSR count). The van der Waals surface area contributed by atoms with Crippen molar-refractivity contribution in [3.05, 3.63) is 29.3 Å². The Balaban J connectivity index is 3.15. The van der Waals surface area contributed by atoms with E-state index in [2.05, 4.69) is 13.8 Å². The maximum Gasteiger partial charge on any atom is 0.341 e. The van der Waals surface area contributed by atoms with Crippen LogP contribution in [0, 0.1) is 0 Å². The van der Waals surface area contributed by atoms with Crippen molar-refractivity contribution in [1.29, 1.82) is 0 Å². The van der Waals surface area contributed by atoms with Crippen molar-refractivity contribution in [2.45, 2.75) is 26.7 Å². The number of rotatable bonds is 4. The summed E-state index contributed by atoms with van der Waals surface area (Å²) in [5, 5.41) is 0. The molecule has 0 aromatic heterocycles. The fraction of sp³-hybridized carbons (Fsp3) is 0.462. The molecule has 0 aliphatic rings. The largest absolute Gasteiger partial charge is 0.493 e. The van der Waals surface area contributed by atoms with Crippen LogP contribution in [0.4, 0.5) is 0 Å². The number of benzene rings is 1. The molecule has 16 heavy (non-hydrogen) atoms. The van der Waals surface area contributed by atoms with Gasteiger partial charge in [0.25, 0.3) is 0 Å². The standard InChI is InChI=1S/C13H18O3/c1-5-16-12-7-6-10(9(2)3)8-11(12)13(14)15-4/h6-9H,5H2,1-4H3. The zero-order valence-corrected chi connectivity index (χ0v) is 10.2. The molecule has 0 radical (unpaired) electrons. The van der Waals surface area contributed by atoms with Crippen LogP contribution >= 0.6 is 0 Å². The minimum Gasteiger partial charge on any atom is -0.493 e. The van der Waals surface area contributed by atoms with E-state index in [1.54, 1.807) is 0 Å². The van der Waals surface area contributed by atoms with Gasteiger partial charge in [-0.15, -0.1) is 0 Å². The molecule has 0 aliphatic carbocycles. The van der Waals surface area contributed by atoms with Gasteiger partial charge >= 0.3 is 5.97 Å². The van der Waals surface area contributed by atoms with Gasteiger partial charge in [-0.1, -0.05) is 19.9 Å². The summed E-state index contributed by atoms with van der Waals surface area (Å²) in [4.78, 5) is 11.6. The fourth-order valence-electron chi connectivity index (χ4n) is 1.46. The van der Waals surface area contributed by atoms with Crippen LogP contribution < -0.4 is 4.74 Å². The van der Waals surface area contributed by atoms with E-state index in [1.165, 1.54) is 7.11 Å². The molecule has 0 heterocycles. The fourth-order valence-corrected chi connectivity index (χ4v) is 1.46. The summed E-state index contributed by atoms with van der Waals surface area (Å²) in [6.07, 6.45) is 0. The normalized spacial score (nSPS) is 10.3. The van der Waals surface area contributed by atoms with Crippen molar-refractivity contribution >= 4 is 5.97 Å². The van der Waals surface area contributed by atoms with E-state index in [-0.39, 0.29) is 5.97 Å². The monoisotopic (exact) mass is 222 g/mol. The lowest BCUT2D eigenvalue weighted by Crippen LogP contribution is -2.06. The minimum absolute atomic E-state index is 0.356. The molecular formula is C13H18O3. The van der Waals surface area contributed by atoms with Crippen LogP contribution in [0.15, 0.2) is 18.2 Å². The van der Waals surface area contributed by atoms with Gasteiger partial charge in [-0.3, -0.25) is 0 Å². The van der Waals surface area contributed by atoms with Crippen molar-refractivity contribution in [2.24, 2.45) is 0 Å². The van der Waals surface area contributed by atoms with Crippen molar-refractivity contribution in [1.82, 2.24) is 0 Å². The molecule has 3 heteroatoms. The van der Waals surface area contributed by atoms with Crippen molar-refractivity contribution in [3.63, 3.8) is 0 Å². The molecule has 0 atom stereocenters. The highest BCUT2D eigenvalue weighted by Crippen LogP contribution is 2.25. The number of methoxy groups -OCH3 is 1. The first-order valence-corrected chi connectivity index (χ1v) is 5.45. The Labute approximate surface area is 96.4 Å². The summed E-state index contributed by atoms with van der Waals surface area (Å²) in [5.41, 5.74) is 1.60. The van der Waals surface area contributed by atoms with E-state index >= 15 is 0 Å². The van der Waals surface area contributed by atoms with E-state index in [9.17, 15) is 4.79 Å². The van der Waals surface area contributed by atoms with Crippen LogP contribution in [0.5, 0.6) is 5.75 Å². The second-order valence-electron chi connectivity index (χ2n) is 3.83. The zero-order chi connectivity index (χ0) is 12.1. The lowest BCUT2D eigenvalue weighted by atomic mass is 10.0. The van der Waals surface area contributed by atoms with Crippen LogP contribution in [0.25, 0.3) is 0 Å². The van der Waals surface area contributed by atoms with Gasteiger partial charge in [0.1, 0.15) is 11.3 Å². The first-order valence-electron chi connectivity index (χ1n) is 5.45. The molecule has 0 fully saturated rings. The quantitative estimate of drug-likeness (QED) is 0.735. The number of esters is 1. The molecule has 0 unspecified atom stereocenters. The molecule has 0 saturated heterocycles. The molecule has 1 aromatic rings. The Morgan fingerprint density at radius 2 is 2.06 bits per heavy atom. The van der Waals surface area contributed by atoms with Gasteiger partial charge in [-0.2, -0.15) is 0 Å². The minimum atomic E-state index is -0.356. The highest BCUT2D eigenvalue weighted by molar-refractivity contribution is 5.92. The number of ether oxygens (including phenoxy) is 2. The number of hydrogen-bond donors (Lipinski definition) is 0. The van der Waals surface area contributed by atoms with Gasteiger partial charge in [-0.25, -0.2) is 4.79 Å². The number of hydrogen-bond acceptors (Lipinski definition) is 3. The molecule has 0 spiro atoms. The number of carbonyl (C=O) groups is 1. The van der Waals surface area contributed by atoms with Crippen LogP contribution in [-0.2, 0) is 4.74 Å². The first kappa shape index (κ1) is 12.6. The van der Waals surface area contributed by atoms with Gasteiger partial charge in [0.15, 0.2) is 0 Å². The second-order valence-corrected chi connectivity index (χ2v) is 3.83. The molecule has 0 N–H and O–H groups in total. The summed E-state index contributed by atoms with van der Waals surface area (Å²) >= 11 is 0. The van der Waals surface area contributed by atoms with Crippen molar-refractivity contribution in [3.8, 4) is 5.75 Å². The Hall–Kier alpha value is -1.51. The van der Waals surface area contributed by atoms with Crippen LogP contribution in [0.1, 0.15) is 42.6 Å². The van der Waals surface area contributed by atoms with Crippen molar-refractivity contribution < 1.29 is 14.3 Å². The number of carbonyl (C=O) groups excluding carboxylic acids is 1. The summed E-state index contributed by atoms with van der Waals surface area (Å²) in [5.74, 6) is 0.601. The van der Waals surface area contributed by atoms with Crippen LogP contribution in [0.3, 0.4) is 0 Å². The van der Waals surface area contributed by atoms with Crippen LogP contribution in [-0.4, -0.2) is 19.7 Å². The maximum absolute atomic E-state index is 11.6. The highest BCUT2D eigenvalue weighted by Gasteiger charge is 2.14. The third-order valence-electron chi connectivity index (χ3n) is 2.38. The molecule has 0 saturated carbocycles. The average Bonchev–Trinajstić information content (AvgIpc) is 2.28. The maximum atomic E-state index is 11.6. The van der Waals surface area contributed by atoms with E-state index < -0.39 is 0 Å². The summed E-state index contributed by atoms with van der Waals surface area (Å²) in [7, 11) is 1.38. The molecule has 1 aromatic carbocycles. The Bertz CT molecular complexity index is 369. The molecule has 0 amide bonds. The van der Waals surface area contributed by atoms with E-state index in [4.69, 9.17) is 9.47 Å². The SMILES string of the molecule is CCOc1ccc(C(C)C)cc1C(=O)OC. The average molecular weight is 222 g/mol. The van der Waals surface area contributed by atoms with E-state index in [1.807, 2.05) is 25.1 Å². The van der Waals surface area contributed by atoms with Gasteiger partial charge in [0, 0.05) is 0 Å². The van der Waals surface area contributed by atoms with Gasteiger partial charge in [-0.05, 0) is 30.5 Å². The molecule has 0 bridgehead atoms. The third-order valence-corrected chi connectivity index (χ3v) is 2.38. The van der Waals surface area contributed by atoms with E-state index in [0.717, 1.165) is 5.56 Å². The van der Waals surface area contributed by atoms with Gasteiger partial charge in [0.2, 0.25) is 0 Å². The summed E-state index contributed by atoms with van der Waals surface area (Å²) in [6.45, 7) is 6.58. The second kappa shape index (κ2) is 5.54. The molecule has 3 nitrogen and oxygen atoms in total. The molecule has 0 aliphatic heterocycles. The Morgan fingerprint density at radius 1 is 1.38 bits per heavy atom. The van der Waals surface area contributed by atoms with E-state index in [0.29, 0.717) is 23.8 Å². The first-order chi connectivity index (χ1) is 7.60.